The molecule has 0 unspecified atom stereocenters. The summed E-state index contributed by atoms with van der Waals surface area (Å²) in [4.78, 5) is 16.7. The number of rotatable bonds is 0. The summed E-state index contributed by atoms with van der Waals surface area (Å²) in [5.74, 6) is 0. The van der Waals surface area contributed by atoms with Gasteiger partial charge in [0, 0.05) is 0 Å². The van der Waals surface area contributed by atoms with Crippen molar-refractivity contribution in [2.45, 2.75) is 0 Å². The van der Waals surface area contributed by atoms with Crippen molar-refractivity contribution < 1.29 is 9.59 Å². The van der Waals surface area contributed by atoms with Crippen LogP contribution in [0.3, 0.4) is 0 Å². The van der Waals surface area contributed by atoms with Gasteiger partial charge < -0.3 is 0 Å². The molecule has 0 saturated carbocycles. The molecular weight excluding hydrogens is 242 g/mol. The zero-order valence-electron chi connectivity index (χ0n) is 3.63. The van der Waals surface area contributed by atoms with Crippen molar-refractivity contribution in [3.05, 3.63) is 0 Å². The van der Waals surface area contributed by atoms with Crippen LogP contribution in [0.25, 0.3) is 0 Å². The van der Waals surface area contributed by atoms with E-state index < -0.39 is 0 Å². The van der Waals surface area contributed by atoms with E-state index in [1.54, 1.807) is 0 Å². The van der Waals surface area contributed by atoms with Crippen LogP contribution in [-0.2, 0) is 9.59 Å². The number of hydrogen-bond donors (Lipinski definition) is 2. The number of carbonyl (C=O) groups excluding carboxylic acids is 2. The first-order valence-electron chi connectivity index (χ1n) is 1.07. The summed E-state index contributed by atoms with van der Waals surface area (Å²) in [6.07, 6.45) is 1.50. The van der Waals surface area contributed by atoms with E-state index in [-0.39, 0.29) is 0 Å². The molecule has 0 aliphatic rings. The van der Waals surface area contributed by atoms with E-state index in [1.165, 1.54) is 0 Å². The first-order chi connectivity index (χ1) is 3.83. The van der Waals surface area contributed by atoms with Gasteiger partial charge in [-0.1, -0.05) is 0 Å². The van der Waals surface area contributed by atoms with E-state index in [0.29, 0.717) is 0 Å². The maximum atomic E-state index is 8.35. The minimum atomic E-state index is 0.750. The molecule has 0 aromatic rings. The van der Waals surface area contributed by atoms with Gasteiger partial charge in [-0.05, 0) is 0 Å². The van der Waals surface area contributed by atoms with Gasteiger partial charge in [0.1, 0.15) is 0 Å². The molecule has 0 heterocycles. The normalized spacial score (nSPS) is 2.50. The van der Waals surface area contributed by atoms with Crippen LogP contribution in [0.1, 0.15) is 0 Å². The molecule has 0 saturated heterocycles. The molecule has 0 radical (unpaired) electrons. The van der Waals surface area contributed by atoms with Crippen molar-refractivity contribution in [2.24, 2.45) is 0 Å². The zero-order valence-corrected chi connectivity index (χ0v) is 7.06. The van der Waals surface area contributed by atoms with Crippen molar-refractivity contribution >= 4 is 39.5 Å². The quantitative estimate of drug-likeness (QED) is 0.327. The Kier molecular flexibility index (Phi) is 138. The fourth-order valence-electron chi connectivity index (χ4n) is 0. The Bertz CT molecular complexity index is 80.2. The van der Waals surface area contributed by atoms with E-state index in [0.717, 1.165) is 12.2 Å². The van der Waals surface area contributed by atoms with Crippen molar-refractivity contribution in [3.63, 3.8) is 0 Å². The van der Waals surface area contributed by atoms with Crippen molar-refractivity contribution in [3.8, 4) is 0 Å². The molecular formula is C2H2N2O2Se2. The molecule has 0 bridgehead atoms. The Morgan fingerprint density at radius 3 is 1.00 bits per heavy atom. The molecule has 2 N–H and O–H groups in total. The topological polar surface area (TPSA) is 81.8 Å². The van der Waals surface area contributed by atoms with Crippen molar-refractivity contribution in [1.82, 2.24) is 0 Å². The van der Waals surface area contributed by atoms with Crippen LogP contribution in [-0.4, -0.2) is 39.5 Å². The third-order valence-corrected chi connectivity index (χ3v) is 0. The molecule has 44 valence electrons. The average Bonchev–Trinajstić information content (AvgIpc) is 1.75. The fraction of sp³-hybridized carbons (Fsp3) is 0. The summed E-state index contributed by atoms with van der Waals surface area (Å²) in [6.45, 7) is 0. The van der Waals surface area contributed by atoms with E-state index >= 15 is 0 Å². The maximum absolute atomic E-state index is 8.35. The van der Waals surface area contributed by atoms with Crippen LogP contribution in [0.5, 0.6) is 0 Å². The molecule has 0 aliphatic heterocycles. The Hall–Kier alpha value is -0.201. The Balaban J connectivity index is -0.0000000483. The van der Waals surface area contributed by atoms with Crippen LogP contribution >= 0.6 is 0 Å². The molecule has 4 nitrogen and oxygen atoms in total. The van der Waals surface area contributed by atoms with Gasteiger partial charge in [-0.25, -0.2) is 20.4 Å². The summed E-state index contributed by atoms with van der Waals surface area (Å²) in [5.41, 5.74) is 0. The third-order valence-electron chi connectivity index (χ3n) is 0. The molecule has 0 spiro atoms. The fourth-order valence-corrected chi connectivity index (χ4v) is 0. The third kappa shape index (κ3) is 3300. The van der Waals surface area contributed by atoms with E-state index in [2.05, 4.69) is 27.3 Å². The van der Waals surface area contributed by atoms with E-state index in [4.69, 9.17) is 20.4 Å². The van der Waals surface area contributed by atoms with Crippen LogP contribution in [0.15, 0.2) is 0 Å². The van der Waals surface area contributed by atoms with Gasteiger partial charge in [-0.2, -0.15) is 0 Å². The molecule has 8 heavy (non-hydrogen) atoms. The molecule has 0 atom stereocenters. The summed E-state index contributed by atoms with van der Waals surface area (Å²) < 4.78 is 0. The van der Waals surface area contributed by atoms with Crippen LogP contribution in [0.4, 0.5) is 0 Å². The molecule has 0 aromatic carbocycles. The molecule has 0 amide bonds. The van der Waals surface area contributed by atoms with Gasteiger partial charge in [-0.3, -0.25) is 0 Å². The summed E-state index contributed by atoms with van der Waals surface area (Å²) >= 11 is 5.00. The molecule has 0 fully saturated rings. The zero-order chi connectivity index (χ0) is 7.41. The summed E-state index contributed by atoms with van der Waals surface area (Å²) in [5, 5.41) is 10.8. The van der Waals surface area contributed by atoms with Gasteiger partial charge in [-0.15, -0.1) is 0 Å². The second-order valence-corrected chi connectivity index (χ2v) is 0.204. The standard InChI is InChI=1S/2CHNO.Se2/c2*2-1-3;1-2/h2*2H;. The van der Waals surface area contributed by atoms with Gasteiger partial charge >= 0.3 is 27.3 Å². The number of hydrogen-bond acceptors (Lipinski definition) is 4. The predicted molar refractivity (Wildman–Crippen MR) is 28.3 cm³/mol. The van der Waals surface area contributed by atoms with Gasteiger partial charge in [0.2, 0.25) is 12.2 Å². The first kappa shape index (κ1) is 15.7. The first-order valence-corrected chi connectivity index (χ1v) is 5.41. The van der Waals surface area contributed by atoms with Gasteiger partial charge in [0.15, 0.2) is 0 Å². The summed E-state index contributed by atoms with van der Waals surface area (Å²) in [6, 6.07) is 0. The Labute approximate surface area is 60.2 Å². The van der Waals surface area contributed by atoms with Crippen LogP contribution < -0.4 is 0 Å². The Morgan fingerprint density at radius 2 is 1.00 bits per heavy atom. The monoisotopic (exact) mass is 246 g/mol. The van der Waals surface area contributed by atoms with Crippen LogP contribution in [0.2, 0.25) is 0 Å². The predicted octanol–water partition coefficient (Wildman–Crippen LogP) is -0.960. The Morgan fingerprint density at radius 1 is 1.00 bits per heavy atom. The molecule has 6 heteroatoms. The minimum absolute atomic E-state index is 0.750. The molecule has 0 aliphatic carbocycles. The number of isocyanates is 2. The second-order valence-electron chi connectivity index (χ2n) is 0.204. The van der Waals surface area contributed by atoms with Crippen LogP contribution in [0, 0.1) is 10.8 Å². The summed E-state index contributed by atoms with van der Waals surface area (Å²) in [7, 11) is 0. The SMILES string of the molecule is N=C=O.N=C=O.[Se]=[Se]. The van der Waals surface area contributed by atoms with Crippen molar-refractivity contribution in [1.29, 1.82) is 10.8 Å². The van der Waals surface area contributed by atoms with Gasteiger partial charge in [0.05, 0.1) is 0 Å². The second kappa shape index (κ2) is 70.6. The van der Waals surface area contributed by atoms with Crippen molar-refractivity contribution in [2.75, 3.05) is 0 Å². The average molecular weight is 244 g/mol. The molecule has 0 rings (SSSR count). The van der Waals surface area contributed by atoms with E-state index in [1.807, 2.05) is 0 Å². The van der Waals surface area contributed by atoms with Gasteiger partial charge in [0.25, 0.3) is 0 Å². The number of nitrogens with one attached hydrogen (secondary N) is 2. The molecule has 0 aromatic heterocycles. The van der Waals surface area contributed by atoms with E-state index in [9.17, 15) is 0 Å².